The fourth-order valence-corrected chi connectivity index (χ4v) is 11.9. The Morgan fingerprint density at radius 3 is 1.28 bits per heavy atom. The first-order chi connectivity index (χ1) is 50.8. The van der Waals surface area contributed by atoms with Crippen molar-refractivity contribution in [2.45, 2.75) is 128 Å². The van der Waals surface area contributed by atoms with Gasteiger partial charge in [0.1, 0.15) is 22.9 Å². The van der Waals surface area contributed by atoms with E-state index in [9.17, 15) is 19.5 Å². The number of hydrogen-bond donors (Lipinski definition) is 3. The van der Waals surface area contributed by atoms with Crippen LogP contribution in [0.5, 0.6) is 0 Å². The monoisotopic (exact) mass is 1990 g/mol. The summed E-state index contributed by atoms with van der Waals surface area (Å²) in [5, 5.41) is 28.6. The van der Waals surface area contributed by atoms with Crippen molar-refractivity contribution in [3.05, 3.63) is 276 Å². The maximum atomic E-state index is 11.7. The van der Waals surface area contributed by atoms with E-state index < -0.39 is 0 Å². The molecular formula is C92H91Ir3N4O10-3. The molecule has 109 heavy (non-hydrogen) atoms. The van der Waals surface area contributed by atoms with Gasteiger partial charge >= 0.3 is 0 Å². The van der Waals surface area contributed by atoms with Gasteiger partial charge in [0.15, 0.2) is 34.1 Å². The van der Waals surface area contributed by atoms with E-state index in [4.69, 9.17) is 37.8 Å². The van der Waals surface area contributed by atoms with Gasteiger partial charge < -0.3 is 33.0 Å². The average Bonchev–Trinajstić information content (AvgIpc) is 1.59. The summed E-state index contributed by atoms with van der Waals surface area (Å²) in [5.74, 6) is 2.89. The van der Waals surface area contributed by atoms with Gasteiger partial charge in [-0.2, -0.15) is 0 Å². The second-order valence-electron chi connectivity index (χ2n) is 26.9. The van der Waals surface area contributed by atoms with Gasteiger partial charge in [0, 0.05) is 147 Å². The number of pyridine rings is 4. The summed E-state index contributed by atoms with van der Waals surface area (Å²) in [6.07, 6.45) is 7.24. The number of furan rings is 4. The van der Waals surface area contributed by atoms with Crippen molar-refractivity contribution >= 4 is 72.7 Å². The molecule has 0 spiro atoms. The molecule has 17 heteroatoms. The quantitative estimate of drug-likeness (QED) is 0.0495. The number of aliphatic hydroxyl groups excluding tert-OH is 3. The number of aryl methyl sites for hydroxylation is 3. The van der Waals surface area contributed by atoms with Crippen molar-refractivity contribution in [1.82, 2.24) is 19.9 Å². The molecule has 0 amide bonds. The Bertz CT molecular complexity index is 5320. The van der Waals surface area contributed by atoms with Crippen LogP contribution in [0.25, 0.3) is 123 Å². The van der Waals surface area contributed by atoms with E-state index in [1.54, 1.807) is 0 Å². The number of nitrogens with zero attached hydrogens (tertiary/aromatic N) is 4. The minimum atomic E-state index is -0.125. The maximum Gasteiger partial charge on any atom is 0.227 e. The second-order valence-corrected chi connectivity index (χ2v) is 26.9. The van der Waals surface area contributed by atoms with Gasteiger partial charge in [-0.05, 0) is 139 Å². The molecule has 0 unspecified atom stereocenters. The number of benzene rings is 6. The molecule has 0 aliphatic rings. The largest absolute Gasteiger partial charge is 0.512 e. The number of fused-ring (bicyclic) bond motifs is 6. The molecule has 569 valence electrons. The first-order valence-electron chi connectivity index (χ1n) is 35.6. The van der Waals surface area contributed by atoms with E-state index in [1.807, 2.05) is 204 Å². The Morgan fingerprint density at radius 2 is 0.890 bits per heavy atom. The first kappa shape index (κ1) is 87.8. The van der Waals surface area contributed by atoms with Crippen LogP contribution in [0, 0.1) is 50.8 Å². The summed E-state index contributed by atoms with van der Waals surface area (Å²) in [4.78, 5) is 50.5. The van der Waals surface area contributed by atoms with Crippen LogP contribution >= 0.6 is 0 Å². The number of rotatable bonds is 15. The summed E-state index contributed by atoms with van der Waals surface area (Å²) in [5.41, 5.74) is 19.7. The maximum absolute atomic E-state index is 11.7. The summed E-state index contributed by atoms with van der Waals surface area (Å²) in [7, 11) is 0. The SMILES string of the molecule is CC(=O)C=C(C)O.CC(=O)C=C(C)O.CC(C)(C)c1c[c-]c(-c2ccc3oc(-c4ccccc4)cc3n2)cc1.CCC(CC)C(=O)C=C(O)C(CC)CC.Cc1ccc2c(n1)oc1c(C)c(-c3cc4nc(-c5[c-]cccc5)ccc4o3)c(C)cc12.[Ir].[Ir].[Ir].[c-]1ccccc1-c1ccc2oc(-c3ccccc3)cc2n1. The fourth-order valence-electron chi connectivity index (χ4n) is 11.9. The van der Waals surface area contributed by atoms with Gasteiger partial charge in [0.2, 0.25) is 5.71 Å². The van der Waals surface area contributed by atoms with Crippen LogP contribution in [0.15, 0.2) is 253 Å². The molecular weight excluding hydrogens is 1900 g/mol. The van der Waals surface area contributed by atoms with Crippen LogP contribution in [-0.2, 0) is 80.1 Å². The third-order valence-electron chi connectivity index (χ3n) is 17.5. The number of aromatic nitrogens is 4. The summed E-state index contributed by atoms with van der Waals surface area (Å²) in [6, 6.07) is 76.0. The van der Waals surface area contributed by atoms with Crippen LogP contribution in [0.2, 0.25) is 0 Å². The van der Waals surface area contributed by atoms with Gasteiger partial charge in [-0.1, -0.05) is 127 Å². The molecule has 14 rings (SSSR count). The van der Waals surface area contributed by atoms with Crippen molar-refractivity contribution in [2.75, 3.05) is 0 Å². The predicted molar refractivity (Wildman–Crippen MR) is 427 cm³/mol. The molecule has 0 bridgehead atoms. The molecule has 0 saturated heterocycles. The minimum absolute atomic E-state index is 0. The van der Waals surface area contributed by atoms with E-state index in [0.717, 1.165) is 160 Å². The standard InChI is InChI=1S/C27H19N2O2.C23H20NO.C19H12NO.C13H24O2.2C5H8O2.3Ir/c1-15-13-20-19-10-9-16(2)28-27(19)31-26(20)17(3)25(15)24-14-22-23(30-24)12-11-21(29-22)18-7-5-4-6-8-18;1-23(2,3)18-11-9-16(10-12-18)19-13-14-21-20(24-19)15-22(25-21)17-7-5-4-6-8-17;1-3-7-14(8-4-1)16-11-12-18-17(20-16)13-19(21-18)15-9-5-2-6-10-15;1-5-10(6-2)12(14)9-13(15)11(7-3)8-4;2*1-4(6)3-5(2)7;;;/h4-7,9-14H,1-3H3;4-9,11-15H,1-3H3;1-7,9-13H;9-11,14H,5-8H2,1-4H3;2*3,6H,1-2H3;;;/q3*-1;;;;;;. The van der Waals surface area contributed by atoms with Gasteiger partial charge in [-0.15, -0.1) is 107 Å². The Hall–Kier alpha value is -10.1. The summed E-state index contributed by atoms with van der Waals surface area (Å²) >= 11 is 0. The Kier molecular flexibility index (Phi) is 33.4. The van der Waals surface area contributed by atoms with E-state index in [0.29, 0.717) is 5.71 Å². The molecule has 8 heterocycles. The Morgan fingerprint density at radius 1 is 0.459 bits per heavy atom. The van der Waals surface area contributed by atoms with Crippen molar-refractivity contribution in [3.8, 4) is 67.7 Å². The third-order valence-corrected chi connectivity index (χ3v) is 17.5. The van der Waals surface area contributed by atoms with E-state index in [1.165, 1.54) is 51.5 Å². The van der Waals surface area contributed by atoms with Crippen molar-refractivity contribution in [2.24, 2.45) is 11.8 Å². The average molecular weight is 1990 g/mol. The van der Waals surface area contributed by atoms with Crippen LogP contribution in [0.1, 0.15) is 124 Å². The number of allylic oxidation sites excluding steroid dienone is 6. The zero-order valence-electron chi connectivity index (χ0n) is 63.8. The molecule has 0 saturated carbocycles. The van der Waals surface area contributed by atoms with Crippen LogP contribution in [0.3, 0.4) is 0 Å². The second kappa shape index (κ2) is 41.5. The van der Waals surface area contributed by atoms with Crippen molar-refractivity contribution < 1.29 is 108 Å². The van der Waals surface area contributed by atoms with Crippen molar-refractivity contribution in [1.29, 1.82) is 0 Å². The molecule has 0 fully saturated rings. The number of carbonyl (C=O) groups is 3. The van der Waals surface area contributed by atoms with Gasteiger partial charge in [0.05, 0.1) is 33.8 Å². The zero-order valence-corrected chi connectivity index (χ0v) is 70.9. The smallest absolute Gasteiger partial charge is 0.227 e. The summed E-state index contributed by atoms with van der Waals surface area (Å²) < 4.78 is 24.2. The molecule has 0 aliphatic heterocycles. The van der Waals surface area contributed by atoms with Gasteiger partial charge in [-0.3, -0.25) is 29.3 Å². The molecule has 14 aromatic rings. The fraction of sp³-hybridized carbons (Fsp3) is 0.228. The molecule has 0 aliphatic carbocycles. The first-order valence-corrected chi connectivity index (χ1v) is 35.6. The van der Waals surface area contributed by atoms with Gasteiger partial charge in [-0.25, -0.2) is 4.98 Å². The van der Waals surface area contributed by atoms with Crippen LogP contribution in [-0.4, -0.2) is 52.6 Å². The van der Waals surface area contributed by atoms with Crippen LogP contribution < -0.4 is 0 Å². The third kappa shape index (κ3) is 24.0. The van der Waals surface area contributed by atoms with E-state index in [-0.39, 0.29) is 112 Å². The van der Waals surface area contributed by atoms with E-state index >= 15 is 0 Å². The summed E-state index contributed by atoms with van der Waals surface area (Å²) in [6.45, 7) is 26.5. The van der Waals surface area contributed by atoms with E-state index in [2.05, 4.69) is 93.1 Å². The van der Waals surface area contributed by atoms with Gasteiger partial charge in [0.25, 0.3) is 0 Å². The zero-order chi connectivity index (χ0) is 76.2. The normalized spacial score (nSPS) is 11.3. The number of aliphatic hydroxyl groups is 3. The molecule has 14 nitrogen and oxygen atoms in total. The molecule has 6 aromatic carbocycles. The molecule has 8 aromatic heterocycles. The molecule has 0 atom stereocenters. The Balaban J connectivity index is 0.000000217. The number of hydrogen-bond acceptors (Lipinski definition) is 14. The molecule has 3 radical (unpaired) electrons. The van der Waals surface area contributed by atoms with Crippen molar-refractivity contribution in [3.63, 3.8) is 0 Å². The molecule has 3 N–H and O–H groups in total. The minimum Gasteiger partial charge on any atom is -0.512 e. The Labute approximate surface area is 679 Å². The van der Waals surface area contributed by atoms with Crippen LogP contribution in [0.4, 0.5) is 0 Å². The predicted octanol–water partition coefficient (Wildman–Crippen LogP) is 24.3. The number of carbonyl (C=O) groups excluding carboxylic acids is 3. The number of ketones is 3. The topological polar surface area (TPSA) is 216 Å².